The number of hydrogen-bond acceptors (Lipinski definition) is 3. The van der Waals surface area contributed by atoms with Gasteiger partial charge in [-0.15, -0.1) is 0 Å². The van der Waals surface area contributed by atoms with E-state index >= 15 is 0 Å². The number of rotatable bonds is 5. The number of benzene rings is 1. The molecule has 0 radical (unpaired) electrons. The molecule has 1 aromatic rings. The van der Waals surface area contributed by atoms with Crippen molar-refractivity contribution in [2.24, 2.45) is 5.92 Å². The van der Waals surface area contributed by atoms with Crippen LogP contribution in [-0.2, 0) is 20.9 Å². The van der Waals surface area contributed by atoms with Crippen molar-refractivity contribution in [1.82, 2.24) is 4.90 Å². The third-order valence-electron chi connectivity index (χ3n) is 2.95. The SMILES string of the molecule is COC(=O)C(C)CN(Cc1ccccc1Cl)C(=O)C(F)(F)F. The zero-order valence-electron chi connectivity index (χ0n) is 12.0. The van der Waals surface area contributed by atoms with Crippen LogP contribution >= 0.6 is 11.6 Å². The van der Waals surface area contributed by atoms with E-state index in [-0.39, 0.29) is 11.6 Å². The van der Waals surface area contributed by atoms with Crippen LogP contribution in [0.4, 0.5) is 13.2 Å². The molecule has 0 saturated heterocycles. The minimum atomic E-state index is -5.03. The standard InChI is InChI=1S/C14H15ClF3NO3/c1-9(12(20)22-2)7-19(13(21)14(16,17)18)8-10-5-3-4-6-11(10)15/h3-6,9H,7-8H2,1-2H3. The van der Waals surface area contributed by atoms with Crippen molar-refractivity contribution in [3.05, 3.63) is 34.9 Å². The second kappa shape index (κ2) is 7.49. The van der Waals surface area contributed by atoms with E-state index in [4.69, 9.17) is 11.6 Å². The minimum absolute atomic E-state index is 0.244. The molecule has 0 aromatic heterocycles. The van der Waals surface area contributed by atoms with Crippen molar-refractivity contribution in [3.63, 3.8) is 0 Å². The van der Waals surface area contributed by atoms with E-state index in [1.165, 1.54) is 19.1 Å². The molecule has 0 spiro atoms. The lowest BCUT2D eigenvalue weighted by atomic mass is 10.1. The van der Waals surface area contributed by atoms with E-state index in [1.807, 2.05) is 0 Å². The topological polar surface area (TPSA) is 46.6 Å². The van der Waals surface area contributed by atoms with Crippen LogP contribution in [0.15, 0.2) is 24.3 Å². The Balaban J connectivity index is 2.99. The molecule has 1 unspecified atom stereocenters. The van der Waals surface area contributed by atoms with E-state index < -0.39 is 30.5 Å². The number of nitrogens with zero attached hydrogens (tertiary/aromatic N) is 1. The van der Waals surface area contributed by atoms with Gasteiger partial charge in [-0.3, -0.25) is 9.59 Å². The van der Waals surface area contributed by atoms with Crippen molar-refractivity contribution in [3.8, 4) is 0 Å². The number of methoxy groups -OCH3 is 1. The van der Waals surface area contributed by atoms with Crippen molar-refractivity contribution in [2.75, 3.05) is 13.7 Å². The van der Waals surface area contributed by atoms with Gasteiger partial charge >= 0.3 is 18.1 Å². The highest BCUT2D eigenvalue weighted by Gasteiger charge is 2.43. The highest BCUT2D eigenvalue weighted by Crippen LogP contribution is 2.23. The van der Waals surface area contributed by atoms with Crippen LogP contribution in [0.3, 0.4) is 0 Å². The summed E-state index contributed by atoms with van der Waals surface area (Å²) in [4.78, 5) is 23.4. The lowest BCUT2D eigenvalue weighted by Gasteiger charge is -2.26. The van der Waals surface area contributed by atoms with Gasteiger partial charge < -0.3 is 9.64 Å². The summed E-state index contributed by atoms with van der Waals surface area (Å²) in [6.45, 7) is 0.616. The minimum Gasteiger partial charge on any atom is -0.469 e. The van der Waals surface area contributed by atoms with E-state index in [9.17, 15) is 22.8 Å². The molecule has 8 heteroatoms. The molecule has 122 valence electrons. The maximum absolute atomic E-state index is 12.7. The summed E-state index contributed by atoms with van der Waals surface area (Å²) in [5.41, 5.74) is 0.360. The summed E-state index contributed by atoms with van der Waals surface area (Å²) in [6.07, 6.45) is -5.03. The Kier molecular flexibility index (Phi) is 6.22. The van der Waals surface area contributed by atoms with Gasteiger partial charge in [0.25, 0.3) is 0 Å². The third kappa shape index (κ3) is 4.91. The molecular weight excluding hydrogens is 323 g/mol. The molecule has 1 amide bonds. The molecule has 0 aliphatic carbocycles. The van der Waals surface area contributed by atoms with Crippen molar-refractivity contribution < 1.29 is 27.5 Å². The molecule has 0 bridgehead atoms. The molecule has 0 N–H and O–H groups in total. The summed E-state index contributed by atoms with van der Waals surface area (Å²) < 4.78 is 42.6. The fraction of sp³-hybridized carbons (Fsp3) is 0.429. The van der Waals surface area contributed by atoms with Gasteiger partial charge in [0, 0.05) is 18.1 Å². The molecule has 0 aliphatic heterocycles. The summed E-state index contributed by atoms with van der Waals surface area (Å²) in [5, 5.41) is 0.244. The largest absolute Gasteiger partial charge is 0.471 e. The first kappa shape index (κ1) is 18.3. The summed E-state index contributed by atoms with van der Waals surface area (Å²) in [7, 11) is 1.13. The number of carbonyl (C=O) groups excluding carboxylic acids is 2. The average molecular weight is 338 g/mol. The zero-order chi connectivity index (χ0) is 16.9. The van der Waals surface area contributed by atoms with E-state index in [0.717, 1.165) is 7.11 Å². The lowest BCUT2D eigenvalue weighted by Crippen LogP contribution is -2.44. The predicted octanol–water partition coefficient (Wildman–Crippen LogP) is 3.04. The Morgan fingerprint density at radius 2 is 1.91 bits per heavy atom. The normalized spacial score (nSPS) is 12.6. The van der Waals surface area contributed by atoms with Crippen molar-refractivity contribution in [1.29, 1.82) is 0 Å². The predicted molar refractivity (Wildman–Crippen MR) is 74.1 cm³/mol. The van der Waals surface area contributed by atoms with E-state index in [0.29, 0.717) is 10.5 Å². The first-order chi connectivity index (χ1) is 10.2. The first-order valence-electron chi connectivity index (χ1n) is 6.34. The van der Waals surface area contributed by atoms with Gasteiger partial charge in [0.15, 0.2) is 0 Å². The molecule has 1 aromatic carbocycles. The number of alkyl halides is 3. The number of ether oxygens (including phenoxy) is 1. The Labute approximate surface area is 130 Å². The van der Waals surface area contributed by atoms with Crippen molar-refractivity contribution >= 4 is 23.5 Å². The van der Waals surface area contributed by atoms with E-state index in [1.54, 1.807) is 12.1 Å². The Morgan fingerprint density at radius 3 is 2.41 bits per heavy atom. The smallest absolute Gasteiger partial charge is 0.469 e. The Bertz CT molecular complexity index is 548. The average Bonchev–Trinajstić information content (AvgIpc) is 2.45. The van der Waals surface area contributed by atoms with Crippen LogP contribution < -0.4 is 0 Å². The summed E-state index contributed by atoms with van der Waals surface area (Å²) >= 11 is 5.90. The lowest BCUT2D eigenvalue weighted by molar-refractivity contribution is -0.187. The third-order valence-corrected chi connectivity index (χ3v) is 3.32. The van der Waals surface area contributed by atoms with Crippen LogP contribution in [0.5, 0.6) is 0 Å². The summed E-state index contributed by atoms with van der Waals surface area (Å²) in [5.74, 6) is -3.61. The zero-order valence-corrected chi connectivity index (χ0v) is 12.7. The van der Waals surface area contributed by atoms with Gasteiger partial charge in [0.2, 0.25) is 0 Å². The number of amides is 1. The van der Waals surface area contributed by atoms with Crippen LogP contribution in [0.2, 0.25) is 5.02 Å². The van der Waals surface area contributed by atoms with Gasteiger partial charge in [0.05, 0.1) is 13.0 Å². The Morgan fingerprint density at radius 1 is 1.32 bits per heavy atom. The molecular formula is C14H15ClF3NO3. The molecule has 1 atom stereocenters. The number of carbonyl (C=O) groups is 2. The molecule has 0 heterocycles. The second-order valence-electron chi connectivity index (χ2n) is 4.70. The molecule has 0 aliphatic rings. The fourth-order valence-corrected chi connectivity index (χ4v) is 2.03. The first-order valence-corrected chi connectivity index (χ1v) is 6.72. The highest BCUT2D eigenvalue weighted by molar-refractivity contribution is 6.31. The van der Waals surface area contributed by atoms with E-state index in [2.05, 4.69) is 4.74 Å². The maximum Gasteiger partial charge on any atom is 0.471 e. The van der Waals surface area contributed by atoms with Gasteiger partial charge in [-0.1, -0.05) is 36.7 Å². The van der Waals surface area contributed by atoms with Gasteiger partial charge in [-0.2, -0.15) is 13.2 Å². The number of halogens is 4. The van der Waals surface area contributed by atoms with Gasteiger partial charge in [0.1, 0.15) is 0 Å². The molecule has 22 heavy (non-hydrogen) atoms. The maximum atomic E-state index is 12.7. The molecule has 1 rings (SSSR count). The monoisotopic (exact) mass is 337 g/mol. The molecule has 0 fully saturated rings. The van der Waals surface area contributed by atoms with Crippen LogP contribution in [0, 0.1) is 5.92 Å². The number of hydrogen-bond donors (Lipinski definition) is 0. The fourth-order valence-electron chi connectivity index (χ4n) is 1.84. The van der Waals surface area contributed by atoms with Crippen LogP contribution in [0.1, 0.15) is 12.5 Å². The van der Waals surface area contributed by atoms with Crippen molar-refractivity contribution in [2.45, 2.75) is 19.6 Å². The summed E-state index contributed by atoms with van der Waals surface area (Å²) in [6, 6.07) is 6.25. The molecule has 0 saturated carbocycles. The van der Waals surface area contributed by atoms with Gasteiger partial charge in [-0.05, 0) is 11.6 Å². The van der Waals surface area contributed by atoms with Crippen LogP contribution in [-0.4, -0.2) is 36.6 Å². The number of esters is 1. The molecule has 4 nitrogen and oxygen atoms in total. The van der Waals surface area contributed by atoms with Crippen LogP contribution in [0.25, 0.3) is 0 Å². The van der Waals surface area contributed by atoms with Gasteiger partial charge in [-0.25, -0.2) is 0 Å². The highest BCUT2D eigenvalue weighted by atomic mass is 35.5. The second-order valence-corrected chi connectivity index (χ2v) is 5.11. The quantitative estimate of drug-likeness (QED) is 0.776. The Hall–Kier alpha value is -1.76.